The number of halogens is 3. The number of nitrogens with one attached hydrogen (secondary N) is 1. The maximum absolute atomic E-state index is 13.7. The molecule has 9 heteroatoms. The third kappa shape index (κ3) is 4.13. The number of aromatic nitrogens is 3. The van der Waals surface area contributed by atoms with E-state index in [0.717, 1.165) is 23.9 Å². The number of nitrogens with zero attached hydrogens (tertiary/aromatic N) is 3. The quantitative estimate of drug-likeness (QED) is 0.667. The van der Waals surface area contributed by atoms with Gasteiger partial charge >= 0.3 is 0 Å². The van der Waals surface area contributed by atoms with E-state index in [-0.39, 0.29) is 5.82 Å². The number of carbonyl (C=O) groups is 1. The largest absolute Gasteiger partial charge is 0.320 e. The van der Waals surface area contributed by atoms with E-state index in [2.05, 4.69) is 15.5 Å². The van der Waals surface area contributed by atoms with Gasteiger partial charge in [0, 0.05) is 12.6 Å². The van der Waals surface area contributed by atoms with E-state index in [0.29, 0.717) is 16.5 Å². The fourth-order valence-corrected chi connectivity index (χ4v) is 3.14. The second kappa shape index (κ2) is 7.83. The van der Waals surface area contributed by atoms with E-state index in [4.69, 9.17) is 0 Å². The number of hydrogen-bond acceptors (Lipinski definition) is 4. The number of benzene rings is 2. The molecular formula is C18H15F3N4OS. The molecule has 0 fully saturated rings. The molecule has 0 aliphatic heterocycles. The molecule has 3 rings (SSSR count). The maximum atomic E-state index is 13.7. The SMILES string of the molecule is C[C@@H](Sc1nnc(-c2ccc(F)cc2)n1C)C(=O)Nc1c(F)cccc1F. The first kappa shape index (κ1) is 19.0. The lowest BCUT2D eigenvalue weighted by Gasteiger charge is -2.12. The molecule has 0 saturated carbocycles. The number of para-hydroxylation sites is 1. The van der Waals surface area contributed by atoms with Crippen LogP contribution in [0.2, 0.25) is 0 Å². The Labute approximate surface area is 157 Å². The summed E-state index contributed by atoms with van der Waals surface area (Å²) in [6.07, 6.45) is 0. The van der Waals surface area contributed by atoms with Crippen molar-refractivity contribution in [3.05, 3.63) is 59.9 Å². The number of rotatable bonds is 5. The molecule has 5 nitrogen and oxygen atoms in total. The summed E-state index contributed by atoms with van der Waals surface area (Å²) in [6.45, 7) is 1.59. The molecule has 3 aromatic rings. The van der Waals surface area contributed by atoms with Crippen LogP contribution in [0, 0.1) is 17.5 Å². The van der Waals surface area contributed by atoms with Gasteiger partial charge in [-0.2, -0.15) is 0 Å². The predicted molar refractivity (Wildman–Crippen MR) is 96.7 cm³/mol. The number of carbonyl (C=O) groups excluding carboxylic acids is 1. The number of hydrogen-bond donors (Lipinski definition) is 1. The summed E-state index contributed by atoms with van der Waals surface area (Å²) in [6, 6.07) is 9.12. The number of thioether (sulfide) groups is 1. The maximum Gasteiger partial charge on any atom is 0.237 e. The van der Waals surface area contributed by atoms with E-state index >= 15 is 0 Å². The van der Waals surface area contributed by atoms with Gasteiger partial charge in [-0.3, -0.25) is 4.79 Å². The zero-order chi connectivity index (χ0) is 19.6. The Morgan fingerprint density at radius 1 is 1.07 bits per heavy atom. The standard InChI is InChI=1S/C18H15F3N4OS/c1-10(17(26)22-15-13(20)4-3-5-14(15)21)27-18-24-23-16(25(18)2)11-6-8-12(19)9-7-11/h3-10H,1-2H3,(H,22,26)/t10-/m1/s1. The van der Waals surface area contributed by atoms with Gasteiger partial charge in [-0.1, -0.05) is 17.8 Å². The Morgan fingerprint density at radius 3 is 2.33 bits per heavy atom. The Hall–Kier alpha value is -2.81. The minimum atomic E-state index is -0.849. The second-order valence-corrected chi connectivity index (χ2v) is 7.03. The number of anilines is 1. The number of amides is 1. The van der Waals surface area contributed by atoms with Gasteiger partial charge in [-0.05, 0) is 43.3 Å². The van der Waals surface area contributed by atoms with E-state index in [1.165, 1.54) is 18.2 Å². The van der Waals surface area contributed by atoms with Crippen molar-refractivity contribution in [2.75, 3.05) is 5.32 Å². The molecular weight excluding hydrogens is 377 g/mol. The van der Waals surface area contributed by atoms with Crippen LogP contribution >= 0.6 is 11.8 Å². The Kier molecular flexibility index (Phi) is 5.50. The molecule has 1 heterocycles. The summed E-state index contributed by atoms with van der Waals surface area (Å²) < 4.78 is 42.1. The van der Waals surface area contributed by atoms with Crippen LogP contribution in [0.5, 0.6) is 0 Å². The summed E-state index contributed by atoms with van der Waals surface area (Å²) >= 11 is 1.09. The molecule has 2 aromatic carbocycles. The highest BCUT2D eigenvalue weighted by Gasteiger charge is 2.21. The van der Waals surface area contributed by atoms with E-state index < -0.39 is 28.5 Å². The fraction of sp³-hybridized carbons (Fsp3) is 0.167. The molecule has 140 valence electrons. The van der Waals surface area contributed by atoms with Crippen LogP contribution in [0.1, 0.15) is 6.92 Å². The topological polar surface area (TPSA) is 59.8 Å². The van der Waals surface area contributed by atoms with Crippen LogP contribution in [-0.2, 0) is 11.8 Å². The highest BCUT2D eigenvalue weighted by atomic mass is 32.2. The third-order valence-corrected chi connectivity index (χ3v) is 4.93. The smallest absolute Gasteiger partial charge is 0.237 e. The Balaban J connectivity index is 1.73. The van der Waals surface area contributed by atoms with Gasteiger partial charge in [0.15, 0.2) is 11.0 Å². The average molecular weight is 392 g/mol. The van der Waals surface area contributed by atoms with E-state index in [1.54, 1.807) is 30.7 Å². The van der Waals surface area contributed by atoms with Crippen LogP contribution in [0.15, 0.2) is 47.6 Å². The van der Waals surface area contributed by atoms with Crippen LogP contribution in [0.3, 0.4) is 0 Å². The van der Waals surface area contributed by atoms with Crippen molar-refractivity contribution in [2.24, 2.45) is 7.05 Å². The molecule has 0 aliphatic rings. The van der Waals surface area contributed by atoms with Gasteiger partial charge in [0.25, 0.3) is 0 Å². The molecule has 0 radical (unpaired) electrons. The molecule has 1 aromatic heterocycles. The lowest BCUT2D eigenvalue weighted by molar-refractivity contribution is -0.115. The van der Waals surface area contributed by atoms with Crippen molar-refractivity contribution >= 4 is 23.4 Å². The lowest BCUT2D eigenvalue weighted by atomic mass is 10.2. The monoisotopic (exact) mass is 392 g/mol. The lowest BCUT2D eigenvalue weighted by Crippen LogP contribution is -2.24. The first-order valence-corrected chi connectivity index (χ1v) is 8.81. The van der Waals surface area contributed by atoms with Crippen LogP contribution in [0.4, 0.5) is 18.9 Å². The summed E-state index contributed by atoms with van der Waals surface area (Å²) in [7, 11) is 1.71. The Bertz CT molecular complexity index is 955. The van der Waals surface area contributed by atoms with Gasteiger partial charge in [-0.15, -0.1) is 10.2 Å². The van der Waals surface area contributed by atoms with Gasteiger partial charge < -0.3 is 9.88 Å². The highest BCUT2D eigenvalue weighted by molar-refractivity contribution is 8.00. The van der Waals surface area contributed by atoms with E-state index in [9.17, 15) is 18.0 Å². The first-order chi connectivity index (χ1) is 12.9. The van der Waals surface area contributed by atoms with Crippen LogP contribution in [0.25, 0.3) is 11.4 Å². The molecule has 1 N–H and O–H groups in total. The minimum absolute atomic E-state index is 0.360. The molecule has 1 amide bonds. The molecule has 0 unspecified atom stereocenters. The molecule has 0 bridgehead atoms. The predicted octanol–water partition coefficient (Wildman–Crippen LogP) is 4.02. The zero-order valence-corrected chi connectivity index (χ0v) is 15.2. The van der Waals surface area contributed by atoms with Crippen molar-refractivity contribution in [1.82, 2.24) is 14.8 Å². The van der Waals surface area contributed by atoms with Crippen molar-refractivity contribution in [3.63, 3.8) is 0 Å². The summed E-state index contributed by atoms with van der Waals surface area (Å²) in [5.41, 5.74) is 0.184. The van der Waals surface area contributed by atoms with E-state index in [1.807, 2.05) is 0 Å². The summed E-state index contributed by atoms with van der Waals surface area (Å²) in [4.78, 5) is 12.3. The van der Waals surface area contributed by atoms with Crippen molar-refractivity contribution < 1.29 is 18.0 Å². The molecule has 1 atom stereocenters. The van der Waals surface area contributed by atoms with Crippen molar-refractivity contribution in [3.8, 4) is 11.4 Å². The molecule has 0 spiro atoms. The van der Waals surface area contributed by atoms with Crippen LogP contribution < -0.4 is 5.32 Å². The first-order valence-electron chi connectivity index (χ1n) is 7.93. The third-order valence-electron chi connectivity index (χ3n) is 3.80. The highest BCUT2D eigenvalue weighted by Crippen LogP contribution is 2.27. The van der Waals surface area contributed by atoms with Gasteiger partial charge in [0.2, 0.25) is 5.91 Å². The van der Waals surface area contributed by atoms with Gasteiger partial charge in [-0.25, -0.2) is 13.2 Å². The average Bonchev–Trinajstić information content (AvgIpc) is 2.99. The molecule has 27 heavy (non-hydrogen) atoms. The summed E-state index contributed by atoms with van der Waals surface area (Å²) in [5.74, 6) is -2.13. The van der Waals surface area contributed by atoms with Crippen molar-refractivity contribution in [2.45, 2.75) is 17.3 Å². The minimum Gasteiger partial charge on any atom is -0.320 e. The molecule has 0 saturated heterocycles. The Morgan fingerprint density at radius 2 is 1.70 bits per heavy atom. The zero-order valence-electron chi connectivity index (χ0n) is 14.4. The van der Waals surface area contributed by atoms with Gasteiger partial charge in [0.1, 0.15) is 23.1 Å². The van der Waals surface area contributed by atoms with Crippen molar-refractivity contribution in [1.29, 1.82) is 0 Å². The summed E-state index contributed by atoms with van der Waals surface area (Å²) in [5, 5.41) is 10.1. The van der Waals surface area contributed by atoms with Gasteiger partial charge in [0.05, 0.1) is 5.25 Å². The second-order valence-electron chi connectivity index (χ2n) is 5.72. The normalized spacial score (nSPS) is 12.0. The van der Waals surface area contributed by atoms with Crippen LogP contribution in [-0.4, -0.2) is 25.9 Å². The molecule has 0 aliphatic carbocycles. The fourth-order valence-electron chi connectivity index (χ4n) is 2.32.